The Balaban J connectivity index is 3.28. The van der Waals surface area contributed by atoms with Crippen LogP contribution in [0.3, 0.4) is 0 Å². The van der Waals surface area contributed by atoms with Gasteiger partial charge in [-0.25, -0.2) is 18.5 Å². The molecule has 0 aromatic carbocycles. The molecular formula is C6H8N2O2S. The molecular weight excluding hydrogens is 164 g/mol. The highest BCUT2D eigenvalue weighted by atomic mass is 32.2. The number of aryl methyl sites for hydroxylation is 1. The lowest BCUT2D eigenvalue weighted by atomic mass is 10.3. The second kappa shape index (κ2) is 2.60. The first-order valence-corrected chi connectivity index (χ1v) is 4.50. The highest BCUT2D eigenvalue weighted by Gasteiger charge is 2.07. The van der Waals surface area contributed by atoms with Crippen LogP contribution in [0, 0.1) is 6.92 Å². The van der Waals surface area contributed by atoms with Crippen LogP contribution in [0.15, 0.2) is 23.4 Å². The van der Waals surface area contributed by atoms with Crippen LogP contribution in [0.5, 0.6) is 0 Å². The fraction of sp³-hybridized carbons (Fsp3) is 0.167. The molecule has 0 amide bonds. The molecule has 0 saturated carbocycles. The molecule has 1 aromatic heterocycles. The number of sulfonamides is 1. The molecule has 0 aliphatic rings. The molecule has 4 nitrogen and oxygen atoms in total. The predicted octanol–water partition coefficient (Wildman–Crippen LogP) is 0.0374. The zero-order valence-corrected chi connectivity index (χ0v) is 6.80. The predicted molar refractivity (Wildman–Crippen MR) is 40.3 cm³/mol. The summed E-state index contributed by atoms with van der Waals surface area (Å²) in [5.41, 5.74) is 0.823. The van der Waals surface area contributed by atoms with Crippen LogP contribution < -0.4 is 5.14 Å². The number of hydrogen-bond donors (Lipinski definition) is 1. The third-order valence-electron chi connectivity index (χ3n) is 1.18. The van der Waals surface area contributed by atoms with E-state index >= 15 is 0 Å². The van der Waals surface area contributed by atoms with E-state index in [1.54, 1.807) is 13.0 Å². The second-order valence-electron chi connectivity index (χ2n) is 2.22. The van der Waals surface area contributed by atoms with Gasteiger partial charge in [-0.3, -0.25) is 0 Å². The lowest BCUT2D eigenvalue weighted by molar-refractivity contribution is 0.594. The molecule has 0 atom stereocenters. The molecule has 1 heterocycles. The van der Waals surface area contributed by atoms with Crippen LogP contribution in [-0.2, 0) is 10.0 Å². The van der Waals surface area contributed by atoms with Crippen molar-refractivity contribution in [2.24, 2.45) is 5.14 Å². The zero-order chi connectivity index (χ0) is 8.48. The minimum atomic E-state index is -3.64. The molecule has 5 heteroatoms. The Morgan fingerprint density at radius 2 is 2.18 bits per heavy atom. The largest absolute Gasteiger partial charge is 0.255 e. The summed E-state index contributed by atoms with van der Waals surface area (Å²) >= 11 is 0. The molecule has 0 radical (unpaired) electrons. The third kappa shape index (κ3) is 1.99. The summed E-state index contributed by atoms with van der Waals surface area (Å²) < 4.78 is 21.4. The molecule has 11 heavy (non-hydrogen) atoms. The molecule has 0 fully saturated rings. The van der Waals surface area contributed by atoms with Crippen LogP contribution in [0.1, 0.15) is 5.56 Å². The summed E-state index contributed by atoms with van der Waals surface area (Å²) in [4.78, 5) is 3.60. The van der Waals surface area contributed by atoms with E-state index in [0.717, 1.165) is 5.56 Å². The normalized spacial score (nSPS) is 11.5. The quantitative estimate of drug-likeness (QED) is 0.649. The van der Waals surface area contributed by atoms with Gasteiger partial charge in [0, 0.05) is 6.20 Å². The van der Waals surface area contributed by atoms with Crippen molar-refractivity contribution in [3.63, 3.8) is 0 Å². The third-order valence-corrected chi connectivity index (χ3v) is 1.99. The Labute approximate surface area is 65.1 Å². The molecule has 1 aromatic rings. The van der Waals surface area contributed by atoms with E-state index in [1.165, 1.54) is 12.3 Å². The van der Waals surface area contributed by atoms with Crippen molar-refractivity contribution in [2.45, 2.75) is 11.9 Å². The van der Waals surface area contributed by atoms with Gasteiger partial charge in [-0.05, 0) is 24.6 Å². The molecule has 0 bridgehead atoms. The van der Waals surface area contributed by atoms with Crippen molar-refractivity contribution < 1.29 is 8.42 Å². The van der Waals surface area contributed by atoms with E-state index in [-0.39, 0.29) is 5.03 Å². The smallest absolute Gasteiger partial charge is 0.243 e. The summed E-state index contributed by atoms with van der Waals surface area (Å²) in [6, 6.07) is 3.13. The first-order chi connectivity index (χ1) is 5.00. The summed E-state index contributed by atoms with van der Waals surface area (Å²) in [6.45, 7) is 1.77. The van der Waals surface area contributed by atoms with Gasteiger partial charge in [0.25, 0.3) is 10.0 Å². The summed E-state index contributed by atoms with van der Waals surface area (Å²) in [6.07, 6.45) is 1.41. The molecule has 0 unspecified atom stereocenters. The first-order valence-electron chi connectivity index (χ1n) is 2.95. The lowest BCUT2D eigenvalue weighted by Gasteiger charge is -1.96. The SMILES string of the molecule is Cc1ccnc(S(N)(=O)=O)c1. The van der Waals surface area contributed by atoms with Crippen LogP contribution in [0.25, 0.3) is 0 Å². The molecule has 0 spiro atoms. The number of nitrogens with zero attached hydrogens (tertiary/aromatic N) is 1. The van der Waals surface area contributed by atoms with Gasteiger partial charge in [0.1, 0.15) is 0 Å². The molecule has 60 valence electrons. The van der Waals surface area contributed by atoms with Gasteiger partial charge in [0.15, 0.2) is 5.03 Å². The maximum atomic E-state index is 10.7. The van der Waals surface area contributed by atoms with E-state index in [1.807, 2.05) is 0 Å². The van der Waals surface area contributed by atoms with Crippen molar-refractivity contribution in [1.82, 2.24) is 4.98 Å². The second-order valence-corrected chi connectivity index (χ2v) is 3.72. The van der Waals surface area contributed by atoms with Crippen molar-refractivity contribution in [3.8, 4) is 0 Å². The van der Waals surface area contributed by atoms with Crippen LogP contribution in [0.4, 0.5) is 0 Å². The summed E-state index contributed by atoms with van der Waals surface area (Å²) in [5.74, 6) is 0. The Bertz CT molecular complexity index is 359. The van der Waals surface area contributed by atoms with E-state index in [9.17, 15) is 8.42 Å². The Morgan fingerprint density at radius 3 is 2.55 bits per heavy atom. The Hall–Kier alpha value is -0.940. The van der Waals surface area contributed by atoms with Crippen LogP contribution in [-0.4, -0.2) is 13.4 Å². The summed E-state index contributed by atoms with van der Waals surface area (Å²) in [7, 11) is -3.64. The molecule has 0 saturated heterocycles. The fourth-order valence-electron chi connectivity index (χ4n) is 0.664. The average Bonchev–Trinajstić information content (AvgIpc) is 1.86. The number of primary sulfonamides is 1. The maximum absolute atomic E-state index is 10.7. The summed E-state index contributed by atoms with van der Waals surface area (Å²) in [5, 5.41) is 4.75. The standard InChI is InChI=1S/C6H8N2O2S/c1-5-2-3-8-6(4-5)11(7,9)10/h2-4H,1H3,(H2,7,9,10). The lowest BCUT2D eigenvalue weighted by Crippen LogP contribution is -2.13. The van der Waals surface area contributed by atoms with Gasteiger partial charge in [-0.15, -0.1) is 0 Å². The Kier molecular flexibility index (Phi) is 1.92. The molecule has 0 aliphatic carbocycles. The van der Waals surface area contributed by atoms with Crippen molar-refractivity contribution in [3.05, 3.63) is 23.9 Å². The minimum absolute atomic E-state index is 0.0856. The fourth-order valence-corrected chi connectivity index (χ4v) is 1.22. The minimum Gasteiger partial charge on any atom is -0.243 e. The Morgan fingerprint density at radius 1 is 1.55 bits per heavy atom. The van der Waals surface area contributed by atoms with Gasteiger partial charge < -0.3 is 0 Å². The molecule has 0 aliphatic heterocycles. The zero-order valence-electron chi connectivity index (χ0n) is 5.98. The maximum Gasteiger partial charge on any atom is 0.255 e. The highest BCUT2D eigenvalue weighted by Crippen LogP contribution is 2.03. The van der Waals surface area contributed by atoms with E-state index in [0.29, 0.717) is 0 Å². The van der Waals surface area contributed by atoms with Crippen molar-refractivity contribution in [1.29, 1.82) is 0 Å². The van der Waals surface area contributed by atoms with Gasteiger partial charge in [-0.2, -0.15) is 0 Å². The van der Waals surface area contributed by atoms with Gasteiger partial charge in [0.2, 0.25) is 0 Å². The van der Waals surface area contributed by atoms with E-state index in [2.05, 4.69) is 4.98 Å². The van der Waals surface area contributed by atoms with Crippen LogP contribution in [0.2, 0.25) is 0 Å². The van der Waals surface area contributed by atoms with Gasteiger partial charge >= 0.3 is 0 Å². The number of rotatable bonds is 1. The average molecular weight is 172 g/mol. The van der Waals surface area contributed by atoms with Crippen molar-refractivity contribution >= 4 is 10.0 Å². The van der Waals surface area contributed by atoms with Gasteiger partial charge in [-0.1, -0.05) is 0 Å². The van der Waals surface area contributed by atoms with Crippen molar-refractivity contribution in [2.75, 3.05) is 0 Å². The first kappa shape index (κ1) is 8.16. The number of hydrogen-bond acceptors (Lipinski definition) is 3. The van der Waals surface area contributed by atoms with Crippen LogP contribution >= 0.6 is 0 Å². The monoisotopic (exact) mass is 172 g/mol. The van der Waals surface area contributed by atoms with E-state index in [4.69, 9.17) is 5.14 Å². The topological polar surface area (TPSA) is 73.0 Å². The number of pyridine rings is 1. The number of aromatic nitrogens is 1. The molecule has 1 rings (SSSR count). The van der Waals surface area contributed by atoms with Gasteiger partial charge in [0.05, 0.1) is 0 Å². The number of nitrogens with two attached hydrogens (primary N) is 1. The van der Waals surface area contributed by atoms with E-state index < -0.39 is 10.0 Å². The molecule has 2 N–H and O–H groups in total. The highest BCUT2D eigenvalue weighted by molar-refractivity contribution is 7.89.